The summed E-state index contributed by atoms with van der Waals surface area (Å²) in [4.78, 5) is 13.8. The largest absolute Gasteiger partial charge is 1.00 e. The lowest BCUT2D eigenvalue weighted by molar-refractivity contribution is -0.734. The number of rotatable bonds is 4. The molecule has 0 atom stereocenters. The van der Waals surface area contributed by atoms with Gasteiger partial charge in [0.15, 0.2) is 5.69 Å². The monoisotopic (exact) mass is 379 g/mol. The number of nitro groups is 1. The summed E-state index contributed by atoms with van der Waals surface area (Å²) in [5.41, 5.74) is 2.43. The van der Waals surface area contributed by atoms with Crippen molar-refractivity contribution in [3.8, 4) is 22.8 Å². The van der Waals surface area contributed by atoms with E-state index < -0.39 is 4.92 Å². The molecule has 0 saturated heterocycles. The van der Waals surface area contributed by atoms with E-state index in [0.717, 1.165) is 11.3 Å². The molecule has 1 heterocycles. The fraction of sp³-hybridized carbons (Fsp3) is 0. The molecule has 4 aromatic rings. The SMILES string of the molecule is O=[N+]([O-])c1ccc(-[n+]2nc(-c3ccccc3)nn2-c2ccccc2)cc1.[Cl-]. The highest BCUT2D eigenvalue weighted by Gasteiger charge is 2.23. The Morgan fingerprint density at radius 2 is 1.44 bits per heavy atom. The van der Waals surface area contributed by atoms with Gasteiger partial charge in [0.2, 0.25) is 0 Å². The van der Waals surface area contributed by atoms with Crippen LogP contribution in [0.3, 0.4) is 0 Å². The third-order valence-electron chi connectivity index (χ3n) is 3.87. The number of nitro benzene ring substituents is 1. The molecule has 0 radical (unpaired) electrons. The summed E-state index contributed by atoms with van der Waals surface area (Å²) < 4.78 is 0. The van der Waals surface area contributed by atoms with Gasteiger partial charge < -0.3 is 12.4 Å². The highest BCUT2D eigenvalue weighted by atomic mass is 35.5. The van der Waals surface area contributed by atoms with E-state index in [-0.39, 0.29) is 18.1 Å². The Hall–Kier alpha value is -3.58. The minimum Gasteiger partial charge on any atom is -1.00 e. The van der Waals surface area contributed by atoms with Gasteiger partial charge >= 0.3 is 5.82 Å². The normalized spacial score (nSPS) is 10.2. The summed E-state index contributed by atoms with van der Waals surface area (Å²) in [6.07, 6.45) is 0. The van der Waals surface area contributed by atoms with Crippen LogP contribution in [0.2, 0.25) is 0 Å². The molecule has 27 heavy (non-hydrogen) atoms. The maximum absolute atomic E-state index is 10.9. The molecular formula is C19H14ClN5O2. The zero-order valence-corrected chi connectivity index (χ0v) is 14.8. The molecule has 0 N–H and O–H groups in total. The lowest BCUT2D eigenvalue weighted by Gasteiger charge is -1.99. The van der Waals surface area contributed by atoms with Crippen LogP contribution in [-0.2, 0) is 0 Å². The zero-order valence-electron chi connectivity index (χ0n) is 14.0. The van der Waals surface area contributed by atoms with Crippen LogP contribution >= 0.6 is 0 Å². The van der Waals surface area contributed by atoms with Crippen molar-refractivity contribution in [2.24, 2.45) is 0 Å². The standard InChI is InChI=1S/C19H14N5O2.ClH/c25-24(26)18-13-11-17(12-14-18)23-21-19(15-7-3-1-4-8-15)20-22(23)16-9-5-2-6-10-16;/h1-14H;1H/q+1;/p-1. The molecule has 7 nitrogen and oxygen atoms in total. The van der Waals surface area contributed by atoms with E-state index in [0.29, 0.717) is 11.5 Å². The molecule has 0 fully saturated rings. The van der Waals surface area contributed by atoms with Gasteiger partial charge in [-0.15, -0.1) is 0 Å². The van der Waals surface area contributed by atoms with Gasteiger partial charge in [-0.3, -0.25) is 10.1 Å². The van der Waals surface area contributed by atoms with Crippen molar-refractivity contribution in [1.82, 2.24) is 15.0 Å². The van der Waals surface area contributed by atoms with Crippen LogP contribution in [0.4, 0.5) is 5.69 Å². The van der Waals surface area contributed by atoms with Crippen molar-refractivity contribution in [3.63, 3.8) is 0 Å². The second-order valence-electron chi connectivity index (χ2n) is 5.58. The van der Waals surface area contributed by atoms with Crippen LogP contribution in [0.15, 0.2) is 84.9 Å². The summed E-state index contributed by atoms with van der Waals surface area (Å²) in [6.45, 7) is 0. The molecule has 134 valence electrons. The van der Waals surface area contributed by atoms with Crippen LogP contribution in [0.25, 0.3) is 22.8 Å². The van der Waals surface area contributed by atoms with E-state index in [9.17, 15) is 10.1 Å². The highest BCUT2D eigenvalue weighted by molar-refractivity contribution is 5.53. The summed E-state index contributed by atoms with van der Waals surface area (Å²) in [7, 11) is 0. The van der Waals surface area contributed by atoms with Gasteiger partial charge in [-0.25, -0.2) is 0 Å². The van der Waals surface area contributed by atoms with Gasteiger partial charge in [-0.2, -0.15) is 0 Å². The number of para-hydroxylation sites is 1. The van der Waals surface area contributed by atoms with E-state index >= 15 is 0 Å². The number of nitrogens with zero attached hydrogens (tertiary/aromatic N) is 5. The minimum absolute atomic E-state index is 0. The Bertz CT molecular complexity index is 1050. The fourth-order valence-corrected chi connectivity index (χ4v) is 2.59. The summed E-state index contributed by atoms with van der Waals surface area (Å²) in [5, 5.41) is 20.1. The Morgan fingerprint density at radius 3 is 2.04 bits per heavy atom. The first-order valence-electron chi connectivity index (χ1n) is 7.98. The van der Waals surface area contributed by atoms with Gasteiger partial charge in [-0.1, -0.05) is 36.4 Å². The van der Waals surface area contributed by atoms with Gasteiger partial charge in [0, 0.05) is 16.9 Å². The Kier molecular flexibility index (Phi) is 5.23. The van der Waals surface area contributed by atoms with Crippen molar-refractivity contribution in [1.29, 1.82) is 0 Å². The van der Waals surface area contributed by atoms with Gasteiger partial charge in [-0.05, 0) is 46.3 Å². The first kappa shape index (κ1) is 18.2. The predicted octanol–water partition coefficient (Wildman–Crippen LogP) is 0.123. The number of tetrazole rings is 1. The second-order valence-corrected chi connectivity index (χ2v) is 5.58. The Balaban J connectivity index is 0.00000210. The summed E-state index contributed by atoms with van der Waals surface area (Å²) in [5.74, 6) is 0.563. The fourth-order valence-electron chi connectivity index (χ4n) is 2.59. The number of hydrogen-bond acceptors (Lipinski definition) is 4. The van der Waals surface area contributed by atoms with Gasteiger partial charge in [0.25, 0.3) is 5.69 Å². The van der Waals surface area contributed by atoms with E-state index in [4.69, 9.17) is 0 Å². The summed E-state index contributed by atoms with van der Waals surface area (Å²) in [6, 6.07) is 25.5. The molecule has 1 aromatic heterocycles. The molecular weight excluding hydrogens is 366 g/mol. The van der Waals surface area contributed by atoms with E-state index in [1.54, 1.807) is 21.7 Å². The lowest BCUT2D eigenvalue weighted by atomic mass is 10.2. The number of non-ortho nitro benzene ring substituents is 1. The number of benzene rings is 3. The molecule has 0 aliphatic rings. The second kappa shape index (κ2) is 7.76. The van der Waals surface area contributed by atoms with Crippen molar-refractivity contribution in [2.45, 2.75) is 0 Å². The molecule has 0 aliphatic carbocycles. The van der Waals surface area contributed by atoms with E-state index in [1.807, 2.05) is 60.7 Å². The first-order valence-corrected chi connectivity index (χ1v) is 7.98. The van der Waals surface area contributed by atoms with Crippen LogP contribution in [0.5, 0.6) is 0 Å². The Labute approximate surface area is 161 Å². The quantitative estimate of drug-likeness (QED) is 0.287. The molecule has 0 spiro atoms. The van der Waals surface area contributed by atoms with E-state index in [1.165, 1.54) is 12.1 Å². The van der Waals surface area contributed by atoms with Crippen LogP contribution in [0.1, 0.15) is 0 Å². The smallest absolute Gasteiger partial charge is 0.340 e. The summed E-state index contributed by atoms with van der Waals surface area (Å²) >= 11 is 0. The van der Waals surface area contributed by atoms with Crippen LogP contribution < -0.4 is 17.2 Å². The molecule has 0 saturated carbocycles. The van der Waals surface area contributed by atoms with Crippen LogP contribution in [0, 0.1) is 10.1 Å². The molecule has 3 aromatic carbocycles. The third-order valence-corrected chi connectivity index (χ3v) is 3.87. The highest BCUT2D eigenvalue weighted by Crippen LogP contribution is 2.16. The number of hydrogen-bond donors (Lipinski definition) is 0. The van der Waals surface area contributed by atoms with Crippen molar-refractivity contribution >= 4 is 5.69 Å². The Morgan fingerprint density at radius 1 is 0.852 bits per heavy atom. The van der Waals surface area contributed by atoms with Crippen LogP contribution in [-0.4, -0.2) is 19.9 Å². The van der Waals surface area contributed by atoms with Crippen molar-refractivity contribution in [2.75, 3.05) is 0 Å². The molecule has 0 aliphatic heterocycles. The molecule has 0 bridgehead atoms. The lowest BCUT2D eigenvalue weighted by Crippen LogP contribution is -3.00. The van der Waals surface area contributed by atoms with Crippen molar-refractivity contribution < 1.29 is 22.1 Å². The van der Waals surface area contributed by atoms with E-state index in [2.05, 4.69) is 10.2 Å². The molecule has 0 unspecified atom stereocenters. The van der Waals surface area contributed by atoms with Gasteiger partial charge in [0.1, 0.15) is 5.69 Å². The predicted molar refractivity (Wildman–Crippen MR) is 95.0 cm³/mol. The number of halogens is 1. The minimum atomic E-state index is -0.425. The zero-order chi connectivity index (χ0) is 17.9. The molecule has 0 amide bonds. The average Bonchev–Trinajstić information content (AvgIpc) is 3.15. The maximum Gasteiger partial charge on any atom is 0.340 e. The van der Waals surface area contributed by atoms with Crippen molar-refractivity contribution in [3.05, 3.63) is 95.0 Å². The van der Waals surface area contributed by atoms with Gasteiger partial charge in [0.05, 0.1) is 15.6 Å². The first-order chi connectivity index (χ1) is 12.7. The average molecular weight is 380 g/mol. The third kappa shape index (κ3) is 3.68. The topological polar surface area (TPSA) is 77.7 Å². The number of aromatic nitrogens is 4. The maximum atomic E-state index is 10.9. The molecule has 4 rings (SSSR count). The molecule has 8 heteroatoms.